The number of benzene rings is 2. The molecule has 0 spiro atoms. The minimum atomic E-state index is 0.725. The Morgan fingerprint density at radius 1 is 0.950 bits per heavy atom. The molecule has 0 saturated heterocycles. The maximum atomic E-state index is 5.96. The van der Waals surface area contributed by atoms with Gasteiger partial charge in [-0.15, -0.1) is 0 Å². The SMILES string of the molecule is c1ccc2cc(Oc3ccnc4[nH]ncc34)ccc2c1. The number of aromatic nitrogens is 3. The highest BCUT2D eigenvalue weighted by molar-refractivity contribution is 5.84. The lowest BCUT2D eigenvalue weighted by molar-refractivity contribution is 0.488. The molecule has 4 rings (SSSR count). The lowest BCUT2D eigenvalue weighted by Crippen LogP contribution is -1.86. The largest absolute Gasteiger partial charge is 0.456 e. The van der Waals surface area contributed by atoms with Crippen LogP contribution in [-0.4, -0.2) is 15.2 Å². The number of ether oxygens (including phenoxy) is 1. The summed E-state index contributed by atoms with van der Waals surface area (Å²) >= 11 is 0. The van der Waals surface area contributed by atoms with E-state index in [-0.39, 0.29) is 0 Å². The number of pyridine rings is 1. The molecule has 0 radical (unpaired) electrons. The van der Waals surface area contributed by atoms with Gasteiger partial charge < -0.3 is 4.74 Å². The van der Waals surface area contributed by atoms with Crippen molar-refractivity contribution in [2.45, 2.75) is 0 Å². The highest BCUT2D eigenvalue weighted by Gasteiger charge is 2.06. The van der Waals surface area contributed by atoms with E-state index in [1.165, 1.54) is 5.39 Å². The zero-order chi connectivity index (χ0) is 13.4. The first kappa shape index (κ1) is 11.0. The second-order valence-electron chi connectivity index (χ2n) is 4.55. The summed E-state index contributed by atoms with van der Waals surface area (Å²) in [6.45, 7) is 0. The van der Waals surface area contributed by atoms with Gasteiger partial charge in [-0.05, 0) is 29.0 Å². The molecule has 4 heteroatoms. The Morgan fingerprint density at radius 3 is 2.80 bits per heavy atom. The zero-order valence-corrected chi connectivity index (χ0v) is 10.6. The van der Waals surface area contributed by atoms with Crippen LogP contribution in [0.15, 0.2) is 60.9 Å². The standard InChI is InChI=1S/C16H11N3O/c1-2-4-12-9-13(6-5-11(12)3-1)20-15-7-8-17-16-14(15)10-18-19-16/h1-10H,(H,17,18,19). The maximum absolute atomic E-state index is 5.96. The number of hydrogen-bond acceptors (Lipinski definition) is 3. The van der Waals surface area contributed by atoms with Crippen LogP contribution >= 0.6 is 0 Å². The summed E-state index contributed by atoms with van der Waals surface area (Å²) < 4.78 is 5.96. The second-order valence-corrected chi connectivity index (χ2v) is 4.55. The first-order chi connectivity index (χ1) is 9.90. The molecule has 96 valence electrons. The highest BCUT2D eigenvalue weighted by Crippen LogP contribution is 2.29. The van der Waals surface area contributed by atoms with Crippen molar-refractivity contribution in [2.24, 2.45) is 0 Å². The monoisotopic (exact) mass is 261 g/mol. The summed E-state index contributed by atoms with van der Waals surface area (Å²) in [5.41, 5.74) is 0.725. The molecule has 4 nitrogen and oxygen atoms in total. The van der Waals surface area contributed by atoms with E-state index in [1.807, 2.05) is 30.3 Å². The van der Waals surface area contributed by atoms with Crippen molar-refractivity contribution in [3.63, 3.8) is 0 Å². The minimum Gasteiger partial charge on any atom is -0.456 e. The Labute approximate surface area is 115 Å². The topological polar surface area (TPSA) is 50.8 Å². The van der Waals surface area contributed by atoms with Crippen LogP contribution in [0.3, 0.4) is 0 Å². The van der Waals surface area contributed by atoms with Crippen LogP contribution in [0.25, 0.3) is 21.8 Å². The summed E-state index contributed by atoms with van der Waals surface area (Å²) in [5.74, 6) is 1.55. The number of aromatic amines is 1. The number of H-pyrrole nitrogens is 1. The summed E-state index contributed by atoms with van der Waals surface area (Å²) in [6, 6.07) is 16.1. The van der Waals surface area contributed by atoms with Crippen LogP contribution in [0.4, 0.5) is 0 Å². The maximum Gasteiger partial charge on any atom is 0.158 e. The molecule has 1 N–H and O–H groups in total. The molecule has 2 aromatic heterocycles. The third-order valence-corrected chi connectivity index (χ3v) is 3.26. The van der Waals surface area contributed by atoms with Gasteiger partial charge in [-0.25, -0.2) is 4.98 Å². The Kier molecular flexibility index (Phi) is 2.39. The molecule has 0 aliphatic heterocycles. The Morgan fingerprint density at radius 2 is 1.85 bits per heavy atom. The predicted molar refractivity (Wildman–Crippen MR) is 77.9 cm³/mol. The average Bonchev–Trinajstić information content (AvgIpc) is 2.97. The lowest BCUT2D eigenvalue weighted by Gasteiger charge is -2.07. The van der Waals surface area contributed by atoms with E-state index in [9.17, 15) is 0 Å². The van der Waals surface area contributed by atoms with E-state index in [2.05, 4.69) is 33.4 Å². The van der Waals surface area contributed by atoms with Gasteiger partial charge in [0.15, 0.2) is 5.65 Å². The average molecular weight is 261 g/mol. The first-order valence-corrected chi connectivity index (χ1v) is 6.35. The van der Waals surface area contributed by atoms with Crippen LogP contribution in [0.5, 0.6) is 11.5 Å². The quantitative estimate of drug-likeness (QED) is 0.595. The van der Waals surface area contributed by atoms with Crippen LogP contribution in [0, 0.1) is 0 Å². The summed E-state index contributed by atoms with van der Waals surface area (Å²) in [4.78, 5) is 4.20. The molecule has 0 unspecified atom stereocenters. The van der Waals surface area contributed by atoms with E-state index >= 15 is 0 Å². The molecule has 0 atom stereocenters. The summed E-state index contributed by atoms with van der Waals surface area (Å²) in [6.07, 6.45) is 3.43. The second kappa shape index (κ2) is 4.35. The summed E-state index contributed by atoms with van der Waals surface area (Å²) in [5, 5.41) is 10.0. The van der Waals surface area contributed by atoms with Crippen LogP contribution < -0.4 is 4.74 Å². The van der Waals surface area contributed by atoms with Crippen molar-refractivity contribution in [1.82, 2.24) is 15.2 Å². The predicted octanol–water partition coefficient (Wildman–Crippen LogP) is 3.90. The van der Waals surface area contributed by atoms with Gasteiger partial charge in [0.05, 0.1) is 11.6 Å². The molecule has 0 aliphatic carbocycles. The third kappa shape index (κ3) is 1.78. The number of nitrogens with zero attached hydrogens (tertiary/aromatic N) is 2. The molecule has 0 aliphatic rings. The highest BCUT2D eigenvalue weighted by atomic mass is 16.5. The van der Waals surface area contributed by atoms with Crippen LogP contribution in [0.1, 0.15) is 0 Å². The van der Waals surface area contributed by atoms with Gasteiger partial charge in [0.2, 0.25) is 0 Å². The van der Waals surface area contributed by atoms with E-state index < -0.39 is 0 Å². The molecule has 0 amide bonds. The fourth-order valence-corrected chi connectivity index (χ4v) is 2.27. The van der Waals surface area contributed by atoms with Crippen molar-refractivity contribution < 1.29 is 4.74 Å². The van der Waals surface area contributed by atoms with Gasteiger partial charge in [-0.3, -0.25) is 5.10 Å². The van der Waals surface area contributed by atoms with Crippen LogP contribution in [-0.2, 0) is 0 Å². The van der Waals surface area contributed by atoms with Crippen molar-refractivity contribution >= 4 is 21.8 Å². The van der Waals surface area contributed by atoms with E-state index in [0.717, 1.165) is 27.9 Å². The molecule has 2 aromatic carbocycles. The van der Waals surface area contributed by atoms with Crippen molar-refractivity contribution in [3.05, 3.63) is 60.9 Å². The van der Waals surface area contributed by atoms with E-state index in [1.54, 1.807) is 12.4 Å². The Balaban J connectivity index is 1.78. The fourth-order valence-electron chi connectivity index (χ4n) is 2.27. The van der Waals surface area contributed by atoms with Gasteiger partial charge in [0, 0.05) is 6.20 Å². The van der Waals surface area contributed by atoms with Gasteiger partial charge >= 0.3 is 0 Å². The first-order valence-electron chi connectivity index (χ1n) is 6.35. The molecular formula is C16H11N3O. The molecular weight excluding hydrogens is 250 g/mol. The third-order valence-electron chi connectivity index (χ3n) is 3.26. The van der Waals surface area contributed by atoms with Crippen molar-refractivity contribution in [2.75, 3.05) is 0 Å². The summed E-state index contributed by atoms with van der Waals surface area (Å²) in [7, 11) is 0. The molecule has 4 aromatic rings. The number of hydrogen-bond donors (Lipinski definition) is 1. The smallest absolute Gasteiger partial charge is 0.158 e. The molecule has 20 heavy (non-hydrogen) atoms. The normalized spacial score (nSPS) is 11.0. The lowest BCUT2D eigenvalue weighted by atomic mass is 10.1. The van der Waals surface area contributed by atoms with Gasteiger partial charge in [0.25, 0.3) is 0 Å². The minimum absolute atomic E-state index is 0.725. The van der Waals surface area contributed by atoms with E-state index in [0.29, 0.717) is 0 Å². The van der Waals surface area contributed by atoms with Gasteiger partial charge in [-0.1, -0.05) is 30.3 Å². The van der Waals surface area contributed by atoms with E-state index in [4.69, 9.17) is 4.74 Å². The fraction of sp³-hybridized carbons (Fsp3) is 0. The van der Waals surface area contributed by atoms with Gasteiger partial charge in [-0.2, -0.15) is 5.10 Å². The zero-order valence-electron chi connectivity index (χ0n) is 10.6. The molecule has 0 bridgehead atoms. The molecule has 2 heterocycles. The van der Waals surface area contributed by atoms with Gasteiger partial charge in [0.1, 0.15) is 11.5 Å². The number of rotatable bonds is 2. The van der Waals surface area contributed by atoms with Crippen molar-refractivity contribution in [3.8, 4) is 11.5 Å². The molecule has 0 saturated carbocycles. The number of fused-ring (bicyclic) bond motifs is 2. The number of nitrogens with one attached hydrogen (secondary N) is 1. The molecule has 0 fully saturated rings. The Bertz CT molecular complexity index is 898. The van der Waals surface area contributed by atoms with Crippen molar-refractivity contribution in [1.29, 1.82) is 0 Å². The Hall–Kier alpha value is -2.88. The van der Waals surface area contributed by atoms with Crippen LogP contribution in [0.2, 0.25) is 0 Å².